The van der Waals surface area contributed by atoms with Crippen LogP contribution in [0.3, 0.4) is 0 Å². The van der Waals surface area contributed by atoms with Crippen LogP contribution in [0, 0.1) is 5.92 Å². The van der Waals surface area contributed by atoms with Crippen LogP contribution in [0.2, 0.25) is 0 Å². The van der Waals surface area contributed by atoms with E-state index in [4.69, 9.17) is 14.2 Å². The lowest BCUT2D eigenvalue weighted by Crippen LogP contribution is -2.54. The molecule has 9 heteroatoms. The second kappa shape index (κ2) is 10.9. The number of allylic oxidation sites excluding steroid dienone is 1. The molecule has 0 saturated carbocycles. The lowest BCUT2D eigenvalue weighted by molar-refractivity contribution is -0.200. The van der Waals surface area contributed by atoms with Crippen LogP contribution < -0.4 is 0 Å². The molecule has 38 heavy (non-hydrogen) atoms. The quantitative estimate of drug-likeness (QED) is 0.256. The molecule has 192 valence electrons. The number of methoxy groups -OCH3 is 1. The number of carbonyl (C=O) groups excluding carboxylic acids is 3. The monoisotopic (exact) mass is 514 g/mol. The molecule has 2 N–H and O–H groups in total. The minimum absolute atomic E-state index is 0.0366. The van der Waals surface area contributed by atoms with E-state index in [0.29, 0.717) is 0 Å². The van der Waals surface area contributed by atoms with E-state index in [9.17, 15) is 29.4 Å². The Hall–Kier alpha value is -5.02. The fourth-order valence-electron chi connectivity index (χ4n) is 4.06. The number of Topliss-reactive ketones (excluding diaryl/α,β-unsaturated/α-hetero) is 1. The van der Waals surface area contributed by atoms with Crippen LogP contribution in [0.25, 0.3) is 0 Å². The predicted octanol–water partition coefficient (Wildman–Crippen LogP) is 4.34. The van der Waals surface area contributed by atoms with Gasteiger partial charge < -0.3 is 24.4 Å². The maximum absolute atomic E-state index is 13.8. The van der Waals surface area contributed by atoms with Crippen molar-refractivity contribution in [1.82, 2.24) is 0 Å². The van der Waals surface area contributed by atoms with Crippen molar-refractivity contribution in [2.24, 2.45) is 5.92 Å². The number of carboxylic acid groups (broad SMARTS) is 1. The highest BCUT2D eigenvalue weighted by molar-refractivity contribution is 6.07. The number of esters is 2. The zero-order chi connectivity index (χ0) is 27.3. The topological polar surface area (TPSA) is 136 Å². The fraction of sp³-hybridized carbons (Fsp3) is 0.103. The second-order valence-corrected chi connectivity index (χ2v) is 8.17. The Labute approximate surface area is 217 Å². The number of hydrogen-bond donors (Lipinski definition) is 2. The first-order valence-electron chi connectivity index (χ1n) is 11.4. The van der Waals surface area contributed by atoms with Crippen molar-refractivity contribution in [3.05, 3.63) is 131 Å². The van der Waals surface area contributed by atoms with Gasteiger partial charge >= 0.3 is 17.9 Å². The van der Waals surface area contributed by atoms with Gasteiger partial charge in [0, 0.05) is 12.7 Å². The molecule has 4 rings (SSSR count). The Bertz CT molecular complexity index is 1430. The van der Waals surface area contributed by atoms with E-state index in [-0.39, 0.29) is 16.7 Å². The van der Waals surface area contributed by atoms with Crippen molar-refractivity contribution in [3.8, 4) is 0 Å². The van der Waals surface area contributed by atoms with Gasteiger partial charge in [-0.1, -0.05) is 66.7 Å². The summed E-state index contributed by atoms with van der Waals surface area (Å²) in [6.07, 6.45) is 0.773. The van der Waals surface area contributed by atoms with Gasteiger partial charge in [0.1, 0.15) is 5.92 Å². The first-order chi connectivity index (χ1) is 18.3. The van der Waals surface area contributed by atoms with Crippen LogP contribution in [-0.2, 0) is 19.0 Å². The maximum atomic E-state index is 13.8. The van der Waals surface area contributed by atoms with Crippen molar-refractivity contribution in [2.45, 2.75) is 5.79 Å². The van der Waals surface area contributed by atoms with E-state index in [2.05, 4.69) is 0 Å². The number of ether oxygens (including phenoxy) is 3. The number of aliphatic hydroxyl groups is 1. The first-order valence-corrected chi connectivity index (χ1v) is 11.4. The summed E-state index contributed by atoms with van der Waals surface area (Å²) < 4.78 is 16.7. The molecular weight excluding hydrogens is 492 g/mol. The van der Waals surface area contributed by atoms with E-state index >= 15 is 0 Å². The number of benzene rings is 3. The van der Waals surface area contributed by atoms with Gasteiger partial charge in [-0.05, 0) is 30.3 Å². The molecular formula is C29H22O9. The Kier molecular flexibility index (Phi) is 7.50. The summed E-state index contributed by atoms with van der Waals surface area (Å²) >= 11 is 0. The molecule has 0 saturated heterocycles. The molecule has 0 heterocycles. The second-order valence-electron chi connectivity index (χ2n) is 8.17. The van der Waals surface area contributed by atoms with Crippen molar-refractivity contribution >= 4 is 23.7 Å². The molecule has 0 spiro atoms. The van der Waals surface area contributed by atoms with Crippen LogP contribution in [-0.4, -0.2) is 46.8 Å². The highest BCUT2D eigenvalue weighted by Gasteiger charge is 2.59. The molecule has 0 aromatic heterocycles. The smallest absolute Gasteiger partial charge is 0.343 e. The SMILES string of the molecule is COC1(OC(=O)c2ccccc2)C(OC(=O)c2ccccc2)=C(O)C=C(C(=O)O)C1C(=O)c1ccccc1. The van der Waals surface area contributed by atoms with Crippen molar-refractivity contribution < 1.29 is 43.6 Å². The van der Waals surface area contributed by atoms with E-state index in [1.54, 1.807) is 54.6 Å². The van der Waals surface area contributed by atoms with E-state index < -0.39 is 52.5 Å². The zero-order valence-corrected chi connectivity index (χ0v) is 20.1. The van der Waals surface area contributed by atoms with Gasteiger partial charge in [0.15, 0.2) is 11.5 Å². The number of hydrogen-bond acceptors (Lipinski definition) is 8. The Morgan fingerprint density at radius 2 is 1.21 bits per heavy atom. The summed E-state index contributed by atoms with van der Waals surface area (Å²) in [5.41, 5.74) is -0.462. The summed E-state index contributed by atoms with van der Waals surface area (Å²) in [6.45, 7) is 0. The zero-order valence-electron chi connectivity index (χ0n) is 20.1. The molecule has 9 nitrogen and oxygen atoms in total. The number of aliphatic carboxylic acids is 1. The lowest BCUT2D eigenvalue weighted by atomic mass is 9.78. The summed E-state index contributed by atoms with van der Waals surface area (Å²) in [5.74, 6) is -10.6. The summed E-state index contributed by atoms with van der Waals surface area (Å²) in [5, 5.41) is 20.9. The van der Waals surface area contributed by atoms with Crippen molar-refractivity contribution in [2.75, 3.05) is 7.11 Å². The van der Waals surface area contributed by atoms with Crippen LogP contribution in [0.1, 0.15) is 31.1 Å². The maximum Gasteiger partial charge on any atom is 0.343 e. The number of carboxylic acids is 1. The number of rotatable bonds is 8. The van der Waals surface area contributed by atoms with Gasteiger partial charge in [0.2, 0.25) is 5.76 Å². The van der Waals surface area contributed by atoms with E-state index in [1.807, 2.05) is 0 Å². The van der Waals surface area contributed by atoms with E-state index in [1.165, 1.54) is 36.4 Å². The van der Waals surface area contributed by atoms with Crippen molar-refractivity contribution in [1.29, 1.82) is 0 Å². The molecule has 0 radical (unpaired) electrons. The van der Waals surface area contributed by atoms with Crippen LogP contribution >= 0.6 is 0 Å². The molecule has 1 aliphatic rings. The molecule has 0 aliphatic heterocycles. The Morgan fingerprint density at radius 3 is 1.68 bits per heavy atom. The molecule has 2 atom stereocenters. The molecule has 0 fully saturated rings. The number of aliphatic hydroxyl groups excluding tert-OH is 1. The fourth-order valence-corrected chi connectivity index (χ4v) is 4.06. The third kappa shape index (κ3) is 4.95. The molecule has 2 unspecified atom stereocenters. The number of ketones is 1. The molecule has 0 amide bonds. The van der Waals surface area contributed by atoms with Gasteiger partial charge in [-0.3, -0.25) is 4.79 Å². The lowest BCUT2D eigenvalue weighted by Gasteiger charge is -2.40. The van der Waals surface area contributed by atoms with E-state index in [0.717, 1.165) is 13.2 Å². The van der Waals surface area contributed by atoms with Gasteiger partial charge in [-0.15, -0.1) is 0 Å². The summed E-state index contributed by atoms with van der Waals surface area (Å²) in [6, 6.07) is 23.0. The minimum Gasteiger partial charge on any atom is -0.504 e. The average Bonchev–Trinajstić information content (AvgIpc) is 2.95. The summed E-state index contributed by atoms with van der Waals surface area (Å²) in [4.78, 5) is 52.3. The molecule has 3 aromatic carbocycles. The Morgan fingerprint density at radius 1 is 0.737 bits per heavy atom. The predicted molar refractivity (Wildman–Crippen MR) is 133 cm³/mol. The highest BCUT2D eigenvalue weighted by atomic mass is 16.7. The van der Waals surface area contributed by atoms with Gasteiger partial charge in [0.25, 0.3) is 5.79 Å². The molecule has 0 bridgehead atoms. The summed E-state index contributed by atoms with van der Waals surface area (Å²) in [7, 11) is 1.04. The minimum atomic E-state index is -2.67. The first kappa shape index (κ1) is 26.1. The molecule has 3 aromatic rings. The largest absolute Gasteiger partial charge is 0.504 e. The third-order valence-corrected chi connectivity index (χ3v) is 5.86. The van der Waals surface area contributed by atoms with Gasteiger partial charge in [-0.2, -0.15) is 0 Å². The van der Waals surface area contributed by atoms with Crippen LogP contribution in [0.5, 0.6) is 0 Å². The Balaban J connectivity index is 1.91. The highest BCUT2D eigenvalue weighted by Crippen LogP contribution is 2.44. The van der Waals surface area contributed by atoms with Gasteiger partial charge in [0.05, 0.1) is 16.7 Å². The standard InChI is InChI=1S/C29H22O9/c1-36-29(38-28(35)20-15-9-4-10-16-20)23(24(31)18-11-5-2-6-12-18)21(26(32)33)17-22(30)25(29)37-27(34)19-13-7-3-8-14-19/h2-17,23,30H,1H3,(H,32,33). The number of carbonyl (C=O) groups is 4. The molecule has 1 aliphatic carbocycles. The van der Waals surface area contributed by atoms with Crippen LogP contribution in [0.15, 0.2) is 114 Å². The van der Waals surface area contributed by atoms with Crippen LogP contribution in [0.4, 0.5) is 0 Å². The average molecular weight is 514 g/mol. The van der Waals surface area contributed by atoms with Crippen molar-refractivity contribution in [3.63, 3.8) is 0 Å². The third-order valence-electron chi connectivity index (χ3n) is 5.86. The van der Waals surface area contributed by atoms with Gasteiger partial charge in [-0.25, -0.2) is 14.4 Å². The normalized spacial score (nSPS) is 18.8.